The average molecular weight is 583 g/mol. The third kappa shape index (κ3) is 5.98. The molecule has 4 aromatic rings. The van der Waals surface area contributed by atoms with Gasteiger partial charge in [-0.25, -0.2) is 18.2 Å². The maximum Gasteiger partial charge on any atom is 0.264 e. The Labute approximate surface area is 223 Å². The zero-order chi connectivity index (χ0) is 26.6. The SMILES string of the molecule is Cc1cc(/C=N\NC(=O)CN(c2ccc(F)cc2)S(=O)(=O)c2ccccc2)c(C)n1-c1cccc(Br)c1. The first kappa shape index (κ1) is 26.3. The van der Waals surface area contributed by atoms with Gasteiger partial charge in [0, 0.05) is 27.1 Å². The first-order valence-corrected chi connectivity index (χ1v) is 13.5. The minimum Gasteiger partial charge on any atom is -0.318 e. The Balaban J connectivity index is 1.54. The van der Waals surface area contributed by atoms with Gasteiger partial charge in [0.25, 0.3) is 15.9 Å². The summed E-state index contributed by atoms with van der Waals surface area (Å²) in [4.78, 5) is 12.8. The molecule has 0 saturated heterocycles. The van der Waals surface area contributed by atoms with Gasteiger partial charge in [0.2, 0.25) is 0 Å². The molecule has 1 N–H and O–H groups in total. The van der Waals surface area contributed by atoms with Crippen molar-refractivity contribution >= 4 is 43.8 Å². The van der Waals surface area contributed by atoms with E-state index >= 15 is 0 Å². The van der Waals surface area contributed by atoms with Gasteiger partial charge in [-0.15, -0.1) is 0 Å². The highest BCUT2D eigenvalue weighted by molar-refractivity contribution is 9.10. The highest BCUT2D eigenvalue weighted by Gasteiger charge is 2.27. The Bertz CT molecular complexity index is 1550. The summed E-state index contributed by atoms with van der Waals surface area (Å²) in [7, 11) is -4.09. The molecule has 0 saturated carbocycles. The minimum absolute atomic E-state index is 0.00983. The van der Waals surface area contributed by atoms with E-state index in [0.29, 0.717) is 0 Å². The number of benzene rings is 3. The van der Waals surface area contributed by atoms with E-state index < -0.39 is 28.3 Å². The Hall–Kier alpha value is -3.76. The van der Waals surface area contributed by atoms with Crippen LogP contribution in [0.5, 0.6) is 0 Å². The number of nitrogens with one attached hydrogen (secondary N) is 1. The molecule has 0 radical (unpaired) electrons. The zero-order valence-electron chi connectivity index (χ0n) is 20.1. The average Bonchev–Trinajstić information content (AvgIpc) is 3.16. The van der Waals surface area contributed by atoms with Gasteiger partial charge in [-0.2, -0.15) is 5.10 Å². The van der Waals surface area contributed by atoms with Crippen molar-refractivity contribution in [2.24, 2.45) is 5.10 Å². The number of carbonyl (C=O) groups is 1. The summed E-state index contributed by atoms with van der Waals surface area (Å²) in [5.41, 5.74) is 6.25. The lowest BCUT2D eigenvalue weighted by Gasteiger charge is -2.23. The molecule has 190 valence electrons. The van der Waals surface area contributed by atoms with Crippen molar-refractivity contribution in [3.8, 4) is 5.69 Å². The van der Waals surface area contributed by atoms with Crippen molar-refractivity contribution in [3.05, 3.63) is 112 Å². The minimum atomic E-state index is -4.09. The molecule has 10 heteroatoms. The summed E-state index contributed by atoms with van der Waals surface area (Å²) in [6.07, 6.45) is 1.52. The van der Waals surface area contributed by atoms with Crippen molar-refractivity contribution in [1.82, 2.24) is 9.99 Å². The molecule has 0 atom stereocenters. The van der Waals surface area contributed by atoms with Crippen LogP contribution < -0.4 is 9.73 Å². The Morgan fingerprint density at radius 2 is 1.73 bits per heavy atom. The van der Waals surface area contributed by atoms with Crippen molar-refractivity contribution in [3.63, 3.8) is 0 Å². The number of halogens is 2. The van der Waals surface area contributed by atoms with Crippen LogP contribution in [0.25, 0.3) is 5.69 Å². The largest absolute Gasteiger partial charge is 0.318 e. The lowest BCUT2D eigenvalue weighted by Crippen LogP contribution is -2.39. The molecule has 4 rings (SSSR count). The molecular formula is C27H24BrFN4O3S. The fourth-order valence-electron chi connectivity index (χ4n) is 3.91. The molecule has 1 heterocycles. The van der Waals surface area contributed by atoms with Crippen LogP contribution in [0, 0.1) is 19.7 Å². The van der Waals surface area contributed by atoms with Crippen LogP contribution in [0.3, 0.4) is 0 Å². The van der Waals surface area contributed by atoms with Crippen LogP contribution in [-0.2, 0) is 14.8 Å². The predicted octanol–water partition coefficient (Wildman–Crippen LogP) is 5.34. The van der Waals surface area contributed by atoms with Gasteiger partial charge < -0.3 is 4.57 Å². The third-order valence-electron chi connectivity index (χ3n) is 5.66. The number of carbonyl (C=O) groups excluding carboxylic acids is 1. The van der Waals surface area contributed by atoms with Crippen LogP contribution >= 0.6 is 15.9 Å². The normalized spacial score (nSPS) is 11.6. The highest BCUT2D eigenvalue weighted by Crippen LogP contribution is 2.24. The number of hydrazone groups is 1. The first-order valence-electron chi connectivity index (χ1n) is 11.3. The van der Waals surface area contributed by atoms with Gasteiger partial charge in [-0.3, -0.25) is 9.10 Å². The van der Waals surface area contributed by atoms with Crippen LogP contribution in [-0.4, -0.2) is 31.7 Å². The first-order chi connectivity index (χ1) is 17.7. The van der Waals surface area contributed by atoms with Crippen LogP contribution in [0.4, 0.5) is 10.1 Å². The number of aryl methyl sites for hydroxylation is 1. The summed E-state index contributed by atoms with van der Waals surface area (Å²) in [6, 6.07) is 22.5. The van der Waals surface area contributed by atoms with Gasteiger partial charge in [-0.1, -0.05) is 40.2 Å². The number of hydrogen-bond donors (Lipinski definition) is 1. The fraction of sp³-hybridized carbons (Fsp3) is 0.111. The lowest BCUT2D eigenvalue weighted by molar-refractivity contribution is -0.119. The molecule has 0 bridgehead atoms. The molecule has 1 aromatic heterocycles. The van der Waals surface area contributed by atoms with Crippen LogP contribution in [0.2, 0.25) is 0 Å². The molecule has 0 aliphatic carbocycles. The van der Waals surface area contributed by atoms with Crippen molar-refractivity contribution in [2.45, 2.75) is 18.7 Å². The van der Waals surface area contributed by atoms with Gasteiger partial charge in [0.05, 0.1) is 16.8 Å². The molecule has 0 fully saturated rings. The second-order valence-electron chi connectivity index (χ2n) is 8.24. The summed E-state index contributed by atoms with van der Waals surface area (Å²) >= 11 is 3.49. The van der Waals surface area contributed by atoms with E-state index in [1.54, 1.807) is 18.2 Å². The Kier molecular flexibility index (Phi) is 7.89. The van der Waals surface area contributed by atoms with Crippen LogP contribution in [0.1, 0.15) is 17.0 Å². The van der Waals surface area contributed by atoms with Crippen molar-refractivity contribution < 1.29 is 17.6 Å². The number of nitrogens with zero attached hydrogens (tertiary/aromatic N) is 3. The number of rotatable bonds is 8. The predicted molar refractivity (Wildman–Crippen MR) is 146 cm³/mol. The van der Waals surface area contributed by atoms with Gasteiger partial charge in [-0.05, 0) is 74.5 Å². The molecule has 1 amide bonds. The second-order valence-corrected chi connectivity index (χ2v) is 11.0. The van der Waals surface area contributed by atoms with E-state index in [9.17, 15) is 17.6 Å². The van der Waals surface area contributed by atoms with Gasteiger partial charge in [0.15, 0.2) is 0 Å². The smallest absolute Gasteiger partial charge is 0.264 e. The summed E-state index contributed by atoms with van der Waals surface area (Å²) in [5.74, 6) is -1.17. The van der Waals surface area contributed by atoms with Crippen molar-refractivity contribution in [2.75, 3.05) is 10.8 Å². The molecular weight excluding hydrogens is 559 g/mol. The topological polar surface area (TPSA) is 83.8 Å². The third-order valence-corrected chi connectivity index (χ3v) is 7.94. The van der Waals surface area contributed by atoms with E-state index in [1.807, 2.05) is 44.2 Å². The Morgan fingerprint density at radius 3 is 2.41 bits per heavy atom. The number of aromatic nitrogens is 1. The van der Waals surface area contributed by atoms with E-state index in [-0.39, 0.29) is 10.6 Å². The molecule has 37 heavy (non-hydrogen) atoms. The summed E-state index contributed by atoms with van der Waals surface area (Å²) in [6.45, 7) is 3.37. The second kappa shape index (κ2) is 11.1. The fourth-order valence-corrected chi connectivity index (χ4v) is 5.74. The van der Waals surface area contributed by atoms with E-state index in [4.69, 9.17) is 0 Å². The summed E-state index contributed by atoms with van der Waals surface area (Å²) in [5, 5.41) is 4.06. The van der Waals surface area contributed by atoms with Gasteiger partial charge in [0.1, 0.15) is 12.4 Å². The lowest BCUT2D eigenvalue weighted by atomic mass is 10.2. The van der Waals surface area contributed by atoms with E-state index in [0.717, 1.165) is 43.5 Å². The maximum absolute atomic E-state index is 13.5. The number of amides is 1. The quantitative estimate of drug-likeness (QED) is 0.225. The van der Waals surface area contributed by atoms with Crippen molar-refractivity contribution in [1.29, 1.82) is 0 Å². The monoisotopic (exact) mass is 582 g/mol. The number of hydrogen-bond acceptors (Lipinski definition) is 4. The molecule has 0 aliphatic rings. The van der Waals surface area contributed by atoms with E-state index in [1.165, 1.54) is 30.5 Å². The van der Waals surface area contributed by atoms with E-state index in [2.05, 4.69) is 31.0 Å². The summed E-state index contributed by atoms with van der Waals surface area (Å²) < 4.78 is 44.0. The molecule has 0 unspecified atom stereocenters. The van der Waals surface area contributed by atoms with Gasteiger partial charge >= 0.3 is 0 Å². The number of sulfonamides is 1. The molecule has 3 aromatic carbocycles. The highest BCUT2D eigenvalue weighted by atomic mass is 79.9. The number of anilines is 1. The molecule has 7 nitrogen and oxygen atoms in total. The Morgan fingerprint density at radius 1 is 1.03 bits per heavy atom. The molecule has 0 spiro atoms. The maximum atomic E-state index is 13.5. The standard InChI is InChI=1S/C27H24BrFN4O3S/c1-19-15-21(20(2)33(19)25-8-6-7-22(28)16-25)17-30-31-27(34)18-32(24-13-11-23(29)12-14-24)37(35,36)26-9-4-3-5-10-26/h3-17H,18H2,1-2H3,(H,31,34)/b30-17-. The van der Waals surface area contributed by atoms with Crippen LogP contribution in [0.15, 0.2) is 99.4 Å². The molecule has 0 aliphatic heterocycles. The zero-order valence-corrected chi connectivity index (χ0v) is 22.5.